The van der Waals surface area contributed by atoms with Crippen molar-refractivity contribution in [1.82, 2.24) is 4.90 Å². The second kappa shape index (κ2) is 5.99. The van der Waals surface area contributed by atoms with Gasteiger partial charge in [0, 0.05) is 6.04 Å². The van der Waals surface area contributed by atoms with Gasteiger partial charge in [-0.15, -0.1) is 0 Å². The molecule has 1 saturated carbocycles. The first-order valence-electron chi connectivity index (χ1n) is 7.82. The number of carbonyl (C=O) groups is 2. The second-order valence-electron chi connectivity index (χ2n) is 6.11. The van der Waals surface area contributed by atoms with E-state index < -0.39 is 12.0 Å². The van der Waals surface area contributed by atoms with Crippen LogP contribution < -0.4 is 4.74 Å². The summed E-state index contributed by atoms with van der Waals surface area (Å²) < 4.78 is 5.26. The molecule has 3 atom stereocenters. The van der Waals surface area contributed by atoms with Crippen LogP contribution in [-0.4, -0.2) is 41.1 Å². The quantitative estimate of drug-likeness (QED) is 0.932. The zero-order valence-electron chi connectivity index (χ0n) is 12.7. The number of para-hydroxylation sites is 1. The molecule has 1 aliphatic heterocycles. The van der Waals surface area contributed by atoms with Gasteiger partial charge in [0.25, 0.3) is 5.91 Å². The Morgan fingerprint density at radius 3 is 2.68 bits per heavy atom. The number of rotatable bonds is 3. The number of likely N-dealkylation sites (tertiary alicyclic amines) is 1. The van der Waals surface area contributed by atoms with Crippen LogP contribution in [0.3, 0.4) is 0 Å². The molecule has 1 N–H and O–H groups in total. The molecule has 1 aliphatic carbocycles. The maximum absolute atomic E-state index is 13.0. The zero-order valence-corrected chi connectivity index (χ0v) is 12.7. The van der Waals surface area contributed by atoms with Crippen LogP contribution in [0, 0.1) is 5.92 Å². The van der Waals surface area contributed by atoms with Crippen molar-refractivity contribution in [2.75, 3.05) is 7.11 Å². The predicted molar refractivity (Wildman–Crippen MR) is 81.0 cm³/mol. The van der Waals surface area contributed by atoms with Gasteiger partial charge in [-0.05, 0) is 37.3 Å². The van der Waals surface area contributed by atoms with Crippen LogP contribution in [-0.2, 0) is 4.79 Å². The fraction of sp³-hybridized carbons (Fsp3) is 0.529. The monoisotopic (exact) mass is 303 g/mol. The molecule has 1 aromatic rings. The average Bonchev–Trinajstić information content (AvgIpc) is 2.94. The lowest BCUT2D eigenvalue weighted by molar-refractivity contribution is -0.141. The normalized spacial score (nSPS) is 27.3. The molecule has 1 heterocycles. The molecule has 0 bridgehead atoms. The standard InChI is InChI=1S/C17H21NO4/c1-22-15-9-5-3-7-12(15)16(19)18-13-8-4-2-6-11(13)10-14(18)17(20)21/h3,5,7,9,11,13-14H,2,4,6,8,10H2,1H3,(H,20,21)/t11-,13+,14-/m0/s1. The summed E-state index contributed by atoms with van der Waals surface area (Å²) in [6.45, 7) is 0. The molecule has 3 rings (SSSR count). The topological polar surface area (TPSA) is 66.8 Å². The Balaban J connectivity index is 1.95. The minimum absolute atomic E-state index is 0.0484. The van der Waals surface area contributed by atoms with Crippen LogP contribution in [0.2, 0.25) is 0 Å². The summed E-state index contributed by atoms with van der Waals surface area (Å²) in [6.07, 6.45) is 4.67. The Labute approximate surface area is 129 Å². The third-order valence-electron chi connectivity index (χ3n) is 4.94. The number of nitrogens with zero attached hydrogens (tertiary/aromatic N) is 1. The Hall–Kier alpha value is -2.04. The molecule has 1 saturated heterocycles. The van der Waals surface area contributed by atoms with Crippen LogP contribution in [0.25, 0.3) is 0 Å². The third kappa shape index (κ3) is 2.45. The second-order valence-corrected chi connectivity index (χ2v) is 6.11. The number of amides is 1. The highest BCUT2D eigenvalue weighted by molar-refractivity contribution is 5.99. The van der Waals surface area contributed by atoms with E-state index in [9.17, 15) is 14.7 Å². The van der Waals surface area contributed by atoms with Gasteiger partial charge in [0.1, 0.15) is 11.8 Å². The largest absolute Gasteiger partial charge is 0.496 e. The van der Waals surface area contributed by atoms with Gasteiger partial charge in [-0.2, -0.15) is 0 Å². The van der Waals surface area contributed by atoms with Gasteiger partial charge in [0.15, 0.2) is 0 Å². The Morgan fingerprint density at radius 2 is 1.95 bits per heavy atom. The highest BCUT2D eigenvalue weighted by Gasteiger charge is 2.48. The first-order chi connectivity index (χ1) is 10.6. The molecule has 5 nitrogen and oxygen atoms in total. The smallest absolute Gasteiger partial charge is 0.326 e. The van der Waals surface area contributed by atoms with E-state index in [2.05, 4.69) is 0 Å². The van der Waals surface area contributed by atoms with E-state index >= 15 is 0 Å². The summed E-state index contributed by atoms with van der Waals surface area (Å²) in [5.74, 6) is -0.318. The summed E-state index contributed by atoms with van der Waals surface area (Å²) in [4.78, 5) is 26.2. The summed E-state index contributed by atoms with van der Waals surface area (Å²) in [5, 5.41) is 9.53. The first-order valence-corrected chi connectivity index (χ1v) is 7.82. The lowest BCUT2D eigenvalue weighted by Gasteiger charge is -2.33. The molecule has 2 aliphatic rings. The summed E-state index contributed by atoms with van der Waals surface area (Å²) in [5.41, 5.74) is 0.447. The predicted octanol–water partition coefficient (Wildman–Crippen LogP) is 2.55. The van der Waals surface area contributed by atoms with Crippen LogP contribution in [0.5, 0.6) is 5.75 Å². The van der Waals surface area contributed by atoms with Gasteiger partial charge < -0.3 is 14.7 Å². The first kappa shape index (κ1) is 14.9. The molecule has 22 heavy (non-hydrogen) atoms. The van der Waals surface area contributed by atoms with E-state index in [0.29, 0.717) is 23.7 Å². The van der Waals surface area contributed by atoms with Gasteiger partial charge in [-0.25, -0.2) is 4.79 Å². The number of ether oxygens (including phenoxy) is 1. The van der Waals surface area contributed by atoms with Gasteiger partial charge in [0.2, 0.25) is 0 Å². The Morgan fingerprint density at radius 1 is 1.23 bits per heavy atom. The van der Waals surface area contributed by atoms with Crippen molar-refractivity contribution in [3.05, 3.63) is 29.8 Å². The third-order valence-corrected chi connectivity index (χ3v) is 4.94. The van der Waals surface area contributed by atoms with Crippen LogP contribution in [0.15, 0.2) is 24.3 Å². The Bertz CT molecular complexity index is 586. The van der Waals surface area contributed by atoms with Crippen molar-refractivity contribution < 1.29 is 19.4 Å². The molecular formula is C17H21NO4. The number of methoxy groups -OCH3 is 1. The van der Waals surface area contributed by atoms with Gasteiger partial charge in [-0.3, -0.25) is 4.79 Å². The van der Waals surface area contributed by atoms with E-state index in [1.54, 1.807) is 29.2 Å². The summed E-state index contributed by atoms with van der Waals surface area (Å²) in [7, 11) is 1.52. The van der Waals surface area contributed by atoms with Crippen molar-refractivity contribution in [1.29, 1.82) is 0 Å². The number of hydrogen-bond donors (Lipinski definition) is 1. The van der Waals surface area contributed by atoms with Crippen molar-refractivity contribution >= 4 is 11.9 Å². The number of hydrogen-bond acceptors (Lipinski definition) is 3. The number of fused-ring (bicyclic) bond motifs is 1. The van der Waals surface area contributed by atoms with E-state index in [4.69, 9.17) is 4.74 Å². The SMILES string of the molecule is COc1ccccc1C(=O)N1[C@@H]2CCCC[C@H]2C[C@H]1C(=O)O. The average molecular weight is 303 g/mol. The van der Waals surface area contributed by atoms with Gasteiger partial charge in [0.05, 0.1) is 12.7 Å². The highest BCUT2D eigenvalue weighted by atomic mass is 16.5. The Kier molecular flexibility index (Phi) is 4.05. The zero-order chi connectivity index (χ0) is 15.7. The fourth-order valence-corrected chi connectivity index (χ4v) is 3.93. The minimum Gasteiger partial charge on any atom is -0.496 e. The van der Waals surface area contributed by atoms with Gasteiger partial charge >= 0.3 is 5.97 Å². The molecule has 0 spiro atoms. The molecule has 0 unspecified atom stereocenters. The molecule has 1 aromatic carbocycles. The van der Waals surface area contributed by atoms with Crippen molar-refractivity contribution in [2.24, 2.45) is 5.92 Å². The van der Waals surface area contributed by atoms with Crippen molar-refractivity contribution in [3.63, 3.8) is 0 Å². The lowest BCUT2D eigenvalue weighted by Crippen LogP contribution is -2.46. The molecule has 0 radical (unpaired) electrons. The number of carboxylic acid groups (broad SMARTS) is 1. The van der Waals surface area contributed by atoms with Crippen molar-refractivity contribution in [2.45, 2.75) is 44.2 Å². The number of aliphatic carboxylic acids is 1. The summed E-state index contributed by atoms with van der Waals surface area (Å²) in [6, 6.07) is 6.35. The summed E-state index contributed by atoms with van der Waals surface area (Å²) >= 11 is 0. The van der Waals surface area contributed by atoms with Crippen molar-refractivity contribution in [3.8, 4) is 5.75 Å². The molecular weight excluding hydrogens is 282 g/mol. The number of carbonyl (C=O) groups excluding carboxylic acids is 1. The van der Waals surface area contributed by atoms with E-state index in [0.717, 1.165) is 25.7 Å². The maximum Gasteiger partial charge on any atom is 0.326 e. The van der Waals surface area contributed by atoms with E-state index in [-0.39, 0.29) is 11.9 Å². The van der Waals surface area contributed by atoms with E-state index in [1.807, 2.05) is 0 Å². The molecule has 0 aromatic heterocycles. The van der Waals surface area contributed by atoms with Crippen LogP contribution in [0.4, 0.5) is 0 Å². The molecule has 118 valence electrons. The van der Waals surface area contributed by atoms with Crippen LogP contribution >= 0.6 is 0 Å². The molecule has 2 fully saturated rings. The lowest BCUT2D eigenvalue weighted by atomic mass is 9.84. The molecule has 5 heteroatoms. The number of carboxylic acids is 1. The maximum atomic E-state index is 13.0. The minimum atomic E-state index is -0.905. The highest BCUT2D eigenvalue weighted by Crippen LogP contribution is 2.41. The van der Waals surface area contributed by atoms with Crippen LogP contribution in [0.1, 0.15) is 42.5 Å². The van der Waals surface area contributed by atoms with Gasteiger partial charge in [-0.1, -0.05) is 25.0 Å². The molecule has 1 amide bonds. The number of benzene rings is 1. The van der Waals surface area contributed by atoms with E-state index in [1.165, 1.54) is 7.11 Å². The fourth-order valence-electron chi connectivity index (χ4n) is 3.93.